The smallest absolute Gasteiger partial charge is 0.125 e. The fourth-order valence-electron chi connectivity index (χ4n) is 1.80. The van der Waals surface area contributed by atoms with Gasteiger partial charge in [0.25, 0.3) is 0 Å². The van der Waals surface area contributed by atoms with E-state index in [0.29, 0.717) is 6.61 Å². The van der Waals surface area contributed by atoms with E-state index in [1.165, 1.54) is 11.1 Å². The van der Waals surface area contributed by atoms with Gasteiger partial charge in [-0.05, 0) is 42.7 Å². The molecule has 0 saturated carbocycles. The quantitative estimate of drug-likeness (QED) is 0.815. The molecule has 0 aliphatic carbocycles. The molecule has 0 amide bonds. The molecule has 0 fully saturated rings. The fourth-order valence-corrected chi connectivity index (χ4v) is 1.80. The van der Waals surface area contributed by atoms with Crippen LogP contribution in [0.1, 0.15) is 16.7 Å². The van der Waals surface area contributed by atoms with E-state index >= 15 is 0 Å². The second-order valence-electron chi connectivity index (χ2n) is 4.25. The van der Waals surface area contributed by atoms with Crippen LogP contribution < -0.4 is 10.5 Å². The van der Waals surface area contributed by atoms with Gasteiger partial charge in [-0.2, -0.15) is 0 Å². The Labute approximate surface area is 102 Å². The SMILES string of the molecule is Cc1cccc(C)c1OCc1ccc(N)cc1. The maximum absolute atomic E-state index is 5.85. The number of nitrogens with two attached hydrogens (primary N) is 1. The first-order valence-corrected chi connectivity index (χ1v) is 5.70. The number of rotatable bonds is 3. The molecule has 0 saturated heterocycles. The van der Waals surface area contributed by atoms with Crippen LogP contribution in [0.2, 0.25) is 0 Å². The third-order valence-electron chi connectivity index (χ3n) is 2.77. The van der Waals surface area contributed by atoms with Crippen LogP contribution in [-0.2, 0) is 6.61 Å². The van der Waals surface area contributed by atoms with Gasteiger partial charge in [0.2, 0.25) is 0 Å². The number of anilines is 1. The summed E-state index contributed by atoms with van der Waals surface area (Å²) in [6.07, 6.45) is 0. The summed E-state index contributed by atoms with van der Waals surface area (Å²) < 4.78 is 5.85. The van der Waals surface area contributed by atoms with E-state index in [-0.39, 0.29) is 0 Å². The maximum atomic E-state index is 5.85. The standard InChI is InChI=1S/C15H17NO/c1-11-4-3-5-12(2)15(11)17-10-13-6-8-14(16)9-7-13/h3-9H,10,16H2,1-2H3. The first-order chi connectivity index (χ1) is 8.16. The van der Waals surface area contributed by atoms with Gasteiger partial charge in [-0.3, -0.25) is 0 Å². The van der Waals surface area contributed by atoms with Crippen LogP contribution in [0.5, 0.6) is 5.75 Å². The molecule has 2 N–H and O–H groups in total. The molecule has 2 heteroatoms. The van der Waals surface area contributed by atoms with Crippen LogP contribution in [0.3, 0.4) is 0 Å². The molecule has 0 spiro atoms. The lowest BCUT2D eigenvalue weighted by molar-refractivity contribution is 0.302. The van der Waals surface area contributed by atoms with Gasteiger partial charge >= 0.3 is 0 Å². The summed E-state index contributed by atoms with van der Waals surface area (Å²) in [7, 11) is 0. The van der Waals surface area contributed by atoms with Gasteiger partial charge in [-0.15, -0.1) is 0 Å². The van der Waals surface area contributed by atoms with Crippen molar-refractivity contribution in [3.63, 3.8) is 0 Å². The molecule has 2 aromatic rings. The van der Waals surface area contributed by atoms with Gasteiger partial charge in [-0.25, -0.2) is 0 Å². The van der Waals surface area contributed by atoms with Crippen LogP contribution in [0.25, 0.3) is 0 Å². The topological polar surface area (TPSA) is 35.2 Å². The molecule has 0 aromatic heterocycles. The van der Waals surface area contributed by atoms with Crippen LogP contribution in [0.4, 0.5) is 5.69 Å². The van der Waals surface area contributed by atoms with E-state index in [1.54, 1.807) is 0 Å². The summed E-state index contributed by atoms with van der Waals surface area (Å²) in [4.78, 5) is 0. The molecular weight excluding hydrogens is 210 g/mol. The first kappa shape index (κ1) is 11.5. The lowest BCUT2D eigenvalue weighted by atomic mass is 10.1. The van der Waals surface area contributed by atoms with Crippen molar-refractivity contribution in [2.24, 2.45) is 0 Å². The minimum Gasteiger partial charge on any atom is -0.488 e. The molecule has 88 valence electrons. The summed E-state index contributed by atoms with van der Waals surface area (Å²) in [5.41, 5.74) is 9.88. The highest BCUT2D eigenvalue weighted by Gasteiger charge is 2.03. The Morgan fingerprint density at radius 1 is 0.941 bits per heavy atom. The fraction of sp³-hybridized carbons (Fsp3) is 0.200. The second-order valence-corrected chi connectivity index (χ2v) is 4.25. The van der Waals surface area contributed by atoms with E-state index in [9.17, 15) is 0 Å². The van der Waals surface area contributed by atoms with Crippen molar-refractivity contribution in [1.29, 1.82) is 0 Å². The van der Waals surface area contributed by atoms with E-state index < -0.39 is 0 Å². The number of hydrogen-bond donors (Lipinski definition) is 1. The number of ether oxygens (including phenoxy) is 1. The van der Waals surface area contributed by atoms with Gasteiger partial charge in [0, 0.05) is 5.69 Å². The highest BCUT2D eigenvalue weighted by atomic mass is 16.5. The molecule has 0 aliphatic heterocycles. The lowest BCUT2D eigenvalue weighted by Crippen LogP contribution is -1.99. The summed E-state index contributed by atoms with van der Waals surface area (Å²) in [6, 6.07) is 13.9. The lowest BCUT2D eigenvalue weighted by Gasteiger charge is -2.11. The predicted molar refractivity (Wildman–Crippen MR) is 71.1 cm³/mol. The monoisotopic (exact) mass is 227 g/mol. The van der Waals surface area contributed by atoms with Crippen molar-refractivity contribution in [3.8, 4) is 5.75 Å². The normalized spacial score (nSPS) is 10.2. The Morgan fingerprint density at radius 2 is 1.53 bits per heavy atom. The number of benzene rings is 2. The molecule has 0 aliphatic rings. The van der Waals surface area contributed by atoms with Crippen molar-refractivity contribution in [1.82, 2.24) is 0 Å². The predicted octanol–water partition coefficient (Wildman–Crippen LogP) is 3.46. The van der Waals surface area contributed by atoms with E-state index in [1.807, 2.05) is 30.3 Å². The maximum Gasteiger partial charge on any atom is 0.125 e. The van der Waals surface area contributed by atoms with E-state index in [4.69, 9.17) is 10.5 Å². The largest absolute Gasteiger partial charge is 0.488 e. The molecule has 0 radical (unpaired) electrons. The average molecular weight is 227 g/mol. The van der Waals surface area contributed by atoms with E-state index in [2.05, 4.69) is 26.0 Å². The van der Waals surface area contributed by atoms with Crippen LogP contribution in [0.15, 0.2) is 42.5 Å². The van der Waals surface area contributed by atoms with Gasteiger partial charge in [0.1, 0.15) is 12.4 Å². The summed E-state index contributed by atoms with van der Waals surface area (Å²) in [5, 5.41) is 0. The Hall–Kier alpha value is -1.96. The Bertz CT molecular complexity index is 483. The summed E-state index contributed by atoms with van der Waals surface area (Å²) in [6.45, 7) is 4.70. The number of aryl methyl sites for hydroxylation is 2. The van der Waals surface area contributed by atoms with Crippen molar-refractivity contribution < 1.29 is 4.74 Å². The van der Waals surface area contributed by atoms with E-state index in [0.717, 1.165) is 17.0 Å². The molecule has 2 rings (SSSR count). The minimum atomic E-state index is 0.575. The zero-order chi connectivity index (χ0) is 12.3. The summed E-state index contributed by atoms with van der Waals surface area (Å²) >= 11 is 0. The molecule has 17 heavy (non-hydrogen) atoms. The van der Waals surface area contributed by atoms with Gasteiger partial charge in [-0.1, -0.05) is 30.3 Å². The van der Waals surface area contributed by atoms with Crippen molar-refractivity contribution >= 4 is 5.69 Å². The Balaban J connectivity index is 2.10. The minimum absolute atomic E-state index is 0.575. The van der Waals surface area contributed by atoms with Crippen LogP contribution >= 0.6 is 0 Å². The zero-order valence-corrected chi connectivity index (χ0v) is 10.2. The van der Waals surface area contributed by atoms with Crippen molar-refractivity contribution in [2.45, 2.75) is 20.5 Å². The molecular formula is C15H17NO. The number of hydrogen-bond acceptors (Lipinski definition) is 2. The Kier molecular flexibility index (Phi) is 3.33. The number of nitrogen functional groups attached to an aromatic ring is 1. The third-order valence-corrected chi connectivity index (χ3v) is 2.77. The molecule has 2 nitrogen and oxygen atoms in total. The molecule has 2 aromatic carbocycles. The van der Waals surface area contributed by atoms with Gasteiger partial charge in [0.15, 0.2) is 0 Å². The molecule has 0 atom stereocenters. The van der Waals surface area contributed by atoms with Crippen molar-refractivity contribution in [2.75, 3.05) is 5.73 Å². The Morgan fingerprint density at radius 3 is 2.12 bits per heavy atom. The second kappa shape index (κ2) is 4.91. The van der Waals surface area contributed by atoms with Gasteiger partial charge in [0.05, 0.1) is 0 Å². The third kappa shape index (κ3) is 2.78. The molecule has 0 unspecified atom stereocenters. The van der Waals surface area contributed by atoms with Crippen LogP contribution in [-0.4, -0.2) is 0 Å². The average Bonchev–Trinajstić information content (AvgIpc) is 2.31. The first-order valence-electron chi connectivity index (χ1n) is 5.70. The van der Waals surface area contributed by atoms with Crippen molar-refractivity contribution in [3.05, 3.63) is 59.2 Å². The highest BCUT2D eigenvalue weighted by molar-refractivity contribution is 5.41. The molecule has 0 bridgehead atoms. The molecule has 0 heterocycles. The van der Waals surface area contributed by atoms with Gasteiger partial charge < -0.3 is 10.5 Å². The number of para-hydroxylation sites is 1. The highest BCUT2D eigenvalue weighted by Crippen LogP contribution is 2.23. The zero-order valence-electron chi connectivity index (χ0n) is 10.2. The summed E-state index contributed by atoms with van der Waals surface area (Å²) in [5.74, 6) is 0.976. The van der Waals surface area contributed by atoms with Crippen LogP contribution in [0, 0.1) is 13.8 Å².